The highest BCUT2D eigenvalue weighted by Gasteiger charge is 2.18. The summed E-state index contributed by atoms with van der Waals surface area (Å²) in [5.41, 5.74) is 1.12. The van der Waals surface area contributed by atoms with Crippen molar-refractivity contribution in [1.29, 1.82) is 5.26 Å². The largest absolute Gasteiger partial charge is 0.379 e. The predicted octanol–water partition coefficient (Wildman–Crippen LogP) is 1.85. The van der Waals surface area contributed by atoms with Gasteiger partial charge in [0.05, 0.1) is 10.6 Å². The molecule has 1 aromatic heterocycles. The second-order valence-electron chi connectivity index (χ2n) is 4.23. The third kappa shape index (κ3) is 2.92. The summed E-state index contributed by atoms with van der Waals surface area (Å²) in [7, 11) is 1.83. The monoisotopic (exact) mass is 271 g/mol. The number of nitrogens with one attached hydrogen (secondary N) is 1. The summed E-state index contributed by atoms with van der Waals surface area (Å²) in [6.45, 7) is 0.507. The van der Waals surface area contributed by atoms with Crippen molar-refractivity contribution in [2.75, 3.05) is 11.9 Å². The van der Waals surface area contributed by atoms with Crippen molar-refractivity contribution in [3.63, 3.8) is 0 Å². The molecule has 0 bridgehead atoms. The number of aryl methyl sites for hydroxylation is 1. The van der Waals surface area contributed by atoms with Crippen LogP contribution in [0.1, 0.15) is 11.3 Å². The lowest BCUT2D eigenvalue weighted by atomic mass is 10.1. The molecule has 0 aliphatic rings. The average molecular weight is 271 g/mol. The molecule has 20 heavy (non-hydrogen) atoms. The Bertz CT molecular complexity index is 672. The molecule has 0 spiro atoms. The maximum atomic E-state index is 11.0. The molecule has 0 saturated heterocycles. The van der Waals surface area contributed by atoms with Gasteiger partial charge >= 0.3 is 5.69 Å². The van der Waals surface area contributed by atoms with Crippen LogP contribution in [0, 0.1) is 21.4 Å². The van der Waals surface area contributed by atoms with Gasteiger partial charge in [0, 0.05) is 26.2 Å². The van der Waals surface area contributed by atoms with Crippen molar-refractivity contribution >= 4 is 11.4 Å². The number of anilines is 1. The number of nitriles is 1. The number of nitrogens with zero attached hydrogens (tertiary/aromatic N) is 4. The molecule has 1 heterocycles. The van der Waals surface area contributed by atoms with Gasteiger partial charge in [-0.15, -0.1) is 0 Å². The van der Waals surface area contributed by atoms with Crippen LogP contribution in [0.5, 0.6) is 0 Å². The Balaban J connectivity index is 2.10. The first kappa shape index (κ1) is 13.5. The fourth-order valence-electron chi connectivity index (χ4n) is 1.89. The summed E-state index contributed by atoms with van der Waals surface area (Å²) in [6, 6.07) is 8.37. The van der Waals surface area contributed by atoms with Crippen LogP contribution >= 0.6 is 0 Å². The first-order chi connectivity index (χ1) is 9.61. The lowest BCUT2D eigenvalue weighted by Gasteiger charge is -2.06. The van der Waals surface area contributed by atoms with Crippen LogP contribution in [-0.4, -0.2) is 21.2 Å². The van der Waals surface area contributed by atoms with Gasteiger partial charge in [-0.2, -0.15) is 10.4 Å². The minimum absolute atomic E-state index is 0.0536. The van der Waals surface area contributed by atoms with Crippen molar-refractivity contribution in [2.24, 2.45) is 7.05 Å². The van der Waals surface area contributed by atoms with Crippen molar-refractivity contribution in [3.8, 4) is 6.07 Å². The van der Waals surface area contributed by atoms with E-state index in [1.807, 2.05) is 25.4 Å². The van der Waals surface area contributed by atoms with Crippen LogP contribution in [-0.2, 0) is 13.5 Å². The molecule has 0 aliphatic heterocycles. The number of rotatable bonds is 5. The number of hydrogen-bond acceptors (Lipinski definition) is 5. The van der Waals surface area contributed by atoms with Gasteiger partial charge < -0.3 is 5.32 Å². The Hall–Kier alpha value is -2.88. The van der Waals surface area contributed by atoms with Crippen LogP contribution in [0.15, 0.2) is 30.5 Å². The first-order valence-corrected chi connectivity index (χ1v) is 6.01. The Morgan fingerprint density at radius 2 is 2.30 bits per heavy atom. The molecule has 0 unspecified atom stereocenters. The van der Waals surface area contributed by atoms with Gasteiger partial charge in [-0.05, 0) is 18.2 Å². The molecule has 7 heteroatoms. The summed E-state index contributed by atoms with van der Waals surface area (Å²) < 4.78 is 1.70. The second kappa shape index (κ2) is 5.84. The van der Waals surface area contributed by atoms with E-state index in [1.54, 1.807) is 16.8 Å². The smallest absolute Gasteiger partial charge is 0.309 e. The van der Waals surface area contributed by atoms with E-state index in [-0.39, 0.29) is 11.3 Å². The van der Waals surface area contributed by atoms with E-state index in [2.05, 4.69) is 10.4 Å². The molecular formula is C13H13N5O2. The van der Waals surface area contributed by atoms with E-state index in [9.17, 15) is 10.1 Å². The molecule has 0 fully saturated rings. The molecule has 0 atom stereocenters. The first-order valence-electron chi connectivity index (χ1n) is 6.01. The Morgan fingerprint density at radius 1 is 1.50 bits per heavy atom. The highest BCUT2D eigenvalue weighted by molar-refractivity contribution is 5.68. The summed E-state index contributed by atoms with van der Waals surface area (Å²) in [5.74, 6) is 0. The Labute approximate surface area is 115 Å². The number of aromatic nitrogens is 2. The van der Waals surface area contributed by atoms with Gasteiger partial charge in [0.1, 0.15) is 17.3 Å². The van der Waals surface area contributed by atoms with Crippen LogP contribution < -0.4 is 5.32 Å². The molecule has 0 radical (unpaired) electrons. The molecule has 0 aliphatic carbocycles. The van der Waals surface area contributed by atoms with Crippen LogP contribution in [0.4, 0.5) is 11.4 Å². The standard InChI is InChI=1S/C13H13N5O2/c1-17-8-6-11(16-17)5-7-15-12-4-2-3-10(9-14)13(12)18(19)20/h2-4,6,8,15H,5,7H2,1H3. The van der Waals surface area contributed by atoms with Gasteiger partial charge in [-0.25, -0.2) is 0 Å². The molecule has 1 N–H and O–H groups in total. The maximum Gasteiger partial charge on any atom is 0.309 e. The quantitative estimate of drug-likeness (QED) is 0.661. The predicted molar refractivity (Wildman–Crippen MR) is 73.2 cm³/mol. The number of para-hydroxylation sites is 1. The van der Waals surface area contributed by atoms with E-state index >= 15 is 0 Å². The lowest BCUT2D eigenvalue weighted by Crippen LogP contribution is -2.08. The summed E-state index contributed by atoms with van der Waals surface area (Å²) >= 11 is 0. The third-order valence-corrected chi connectivity index (χ3v) is 2.80. The van der Waals surface area contributed by atoms with Gasteiger partial charge in [-0.1, -0.05) is 6.07 Å². The van der Waals surface area contributed by atoms with Gasteiger partial charge in [0.15, 0.2) is 0 Å². The summed E-state index contributed by atoms with van der Waals surface area (Å²) in [4.78, 5) is 10.5. The minimum atomic E-state index is -0.540. The van der Waals surface area contributed by atoms with Gasteiger partial charge in [0.2, 0.25) is 0 Å². The molecule has 2 rings (SSSR count). The molecule has 1 aromatic carbocycles. The Morgan fingerprint density at radius 3 is 2.90 bits per heavy atom. The van der Waals surface area contributed by atoms with Gasteiger partial charge in [-0.3, -0.25) is 14.8 Å². The van der Waals surface area contributed by atoms with Crippen LogP contribution in [0.2, 0.25) is 0 Å². The van der Waals surface area contributed by atoms with Crippen molar-refractivity contribution < 1.29 is 4.92 Å². The van der Waals surface area contributed by atoms with E-state index in [0.29, 0.717) is 18.7 Å². The zero-order valence-electron chi connectivity index (χ0n) is 10.9. The van der Waals surface area contributed by atoms with Crippen molar-refractivity contribution in [2.45, 2.75) is 6.42 Å². The second-order valence-corrected chi connectivity index (χ2v) is 4.23. The topological polar surface area (TPSA) is 96.8 Å². The van der Waals surface area contributed by atoms with Crippen LogP contribution in [0.3, 0.4) is 0 Å². The number of benzene rings is 1. The normalized spacial score (nSPS) is 10.0. The SMILES string of the molecule is Cn1ccc(CCNc2cccc(C#N)c2[N+](=O)[O-])n1. The molecule has 0 saturated carbocycles. The fraction of sp³-hybridized carbons (Fsp3) is 0.231. The number of hydrogen-bond donors (Lipinski definition) is 1. The van der Waals surface area contributed by atoms with Crippen LogP contribution in [0.25, 0.3) is 0 Å². The summed E-state index contributed by atoms with van der Waals surface area (Å²) in [5, 5.41) is 27.1. The van der Waals surface area contributed by atoms with E-state index in [1.165, 1.54) is 6.07 Å². The maximum absolute atomic E-state index is 11.0. The van der Waals surface area contributed by atoms with E-state index in [4.69, 9.17) is 5.26 Å². The zero-order valence-corrected chi connectivity index (χ0v) is 10.9. The molecule has 7 nitrogen and oxygen atoms in total. The van der Waals surface area contributed by atoms with Crippen molar-refractivity contribution in [3.05, 3.63) is 51.8 Å². The zero-order chi connectivity index (χ0) is 14.5. The molecule has 2 aromatic rings. The summed E-state index contributed by atoms with van der Waals surface area (Å²) in [6.07, 6.45) is 2.49. The van der Waals surface area contributed by atoms with Gasteiger partial charge in [0.25, 0.3) is 0 Å². The number of nitro groups is 1. The fourth-order valence-corrected chi connectivity index (χ4v) is 1.89. The Kier molecular flexibility index (Phi) is 3.96. The van der Waals surface area contributed by atoms with E-state index in [0.717, 1.165) is 5.69 Å². The average Bonchev–Trinajstić information content (AvgIpc) is 2.83. The molecule has 0 amide bonds. The number of nitro benzene ring substituents is 1. The highest BCUT2D eigenvalue weighted by Crippen LogP contribution is 2.27. The minimum Gasteiger partial charge on any atom is -0.379 e. The third-order valence-electron chi connectivity index (χ3n) is 2.80. The van der Waals surface area contributed by atoms with Crippen molar-refractivity contribution in [1.82, 2.24) is 9.78 Å². The lowest BCUT2D eigenvalue weighted by molar-refractivity contribution is -0.384. The molecular weight excluding hydrogens is 258 g/mol. The highest BCUT2D eigenvalue weighted by atomic mass is 16.6. The van der Waals surface area contributed by atoms with E-state index < -0.39 is 4.92 Å². The molecule has 102 valence electrons.